The van der Waals surface area contributed by atoms with Crippen LogP contribution in [0.3, 0.4) is 0 Å². The summed E-state index contributed by atoms with van der Waals surface area (Å²) < 4.78 is 12.2. The van der Waals surface area contributed by atoms with E-state index in [-0.39, 0.29) is 12.1 Å². The SMILES string of the molecule is CC(C)(C)OC(=O)N1[C@@H](C=C(Br)c2ccc(Cl)cc2)COC1(C)C. The standard InChI is InChI=1S/C18H23BrClNO3/c1-17(2,3)24-16(22)21-14(11-23-18(21,4)5)10-15(19)12-6-8-13(20)9-7-12/h6-10,14H,11H2,1-5H3/t14-/m0/s1. The summed E-state index contributed by atoms with van der Waals surface area (Å²) in [5.41, 5.74) is -0.304. The van der Waals surface area contributed by atoms with E-state index in [1.165, 1.54) is 0 Å². The van der Waals surface area contributed by atoms with Gasteiger partial charge in [0.2, 0.25) is 0 Å². The molecule has 1 fully saturated rings. The van der Waals surface area contributed by atoms with Crippen molar-refractivity contribution < 1.29 is 14.3 Å². The quantitative estimate of drug-likeness (QED) is 0.643. The molecule has 0 aromatic heterocycles. The molecule has 0 bridgehead atoms. The lowest BCUT2D eigenvalue weighted by molar-refractivity contribution is -0.0610. The van der Waals surface area contributed by atoms with Gasteiger partial charge in [-0.05, 0) is 58.4 Å². The molecular weight excluding hydrogens is 394 g/mol. The zero-order chi connectivity index (χ0) is 18.1. The molecule has 0 N–H and O–H groups in total. The summed E-state index contributed by atoms with van der Waals surface area (Å²) in [6.07, 6.45) is 1.57. The molecule has 2 rings (SSSR count). The van der Waals surface area contributed by atoms with Crippen molar-refractivity contribution in [3.05, 3.63) is 40.9 Å². The van der Waals surface area contributed by atoms with E-state index >= 15 is 0 Å². The van der Waals surface area contributed by atoms with Crippen molar-refractivity contribution in [1.82, 2.24) is 4.90 Å². The summed E-state index contributed by atoms with van der Waals surface area (Å²) in [5, 5.41) is 0.680. The highest BCUT2D eigenvalue weighted by atomic mass is 79.9. The third-order valence-electron chi connectivity index (χ3n) is 3.57. The van der Waals surface area contributed by atoms with Crippen LogP contribution >= 0.6 is 27.5 Å². The molecule has 6 heteroatoms. The molecular formula is C18H23BrClNO3. The van der Waals surface area contributed by atoms with Crippen LogP contribution in [-0.4, -0.2) is 35.0 Å². The summed E-state index contributed by atoms with van der Waals surface area (Å²) in [7, 11) is 0. The number of rotatable bonds is 2. The van der Waals surface area contributed by atoms with Gasteiger partial charge in [-0.15, -0.1) is 0 Å². The number of carbonyl (C=O) groups is 1. The maximum Gasteiger partial charge on any atom is 0.413 e. The molecule has 24 heavy (non-hydrogen) atoms. The number of amides is 1. The van der Waals surface area contributed by atoms with Crippen LogP contribution in [0, 0.1) is 0 Å². The van der Waals surface area contributed by atoms with Crippen molar-refractivity contribution in [2.75, 3.05) is 6.61 Å². The molecule has 1 aromatic carbocycles. The van der Waals surface area contributed by atoms with Gasteiger partial charge in [-0.2, -0.15) is 0 Å². The van der Waals surface area contributed by atoms with Gasteiger partial charge in [-0.3, -0.25) is 4.90 Å². The van der Waals surface area contributed by atoms with Crippen LogP contribution in [0.25, 0.3) is 4.48 Å². The molecule has 1 aliphatic heterocycles. The third-order valence-corrected chi connectivity index (χ3v) is 4.54. The first-order chi connectivity index (χ1) is 11.0. The van der Waals surface area contributed by atoms with E-state index in [1.807, 2.05) is 65.0 Å². The van der Waals surface area contributed by atoms with Crippen LogP contribution < -0.4 is 0 Å². The van der Waals surface area contributed by atoms with Gasteiger partial charge in [0, 0.05) is 9.51 Å². The second-order valence-electron chi connectivity index (χ2n) is 7.20. The number of hydrogen-bond donors (Lipinski definition) is 0. The first kappa shape index (κ1) is 19.3. The summed E-state index contributed by atoms with van der Waals surface area (Å²) in [6.45, 7) is 9.69. The van der Waals surface area contributed by atoms with Crippen LogP contribution in [0.1, 0.15) is 40.2 Å². The summed E-state index contributed by atoms with van der Waals surface area (Å²) in [5.74, 6) is 0. The monoisotopic (exact) mass is 415 g/mol. The van der Waals surface area contributed by atoms with Gasteiger partial charge in [0.1, 0.15) is 11.3 Å². The second-order valence-corrected chi connectivity index (χ2v) is 8.49. The smallest absolute Gasteiger partial charge is 0.413 e. The van der Waals surface area contributed by atoms with Crippen molar-refractivity contribution in [3.63, 3.8) is 0 Å². The molecule has 0 spiro atoms. The lowest BCUT2D eigenvalue weighted by Gasteiger charge is -2.34. The van der Waals surface area contributed by atoms with Crippen molar-refractivity contribution >= 4 is 38.1 Å². The topological polar surface area (TPSA) is 38.8 Å². The molecule has 132 valence electrons. The summed E-state index contributed by atoms with van der Waals surface area (Å²) in [6, 6.07) is 7.27. The fourth-order valence-corrected chi connectivity index (χ4v) is 3.19. The Bertz CT molecular complexity index is 635. The zero-order valence-electron chi connectivity index (χ0n) is 14.6. The Hall–Kier alpha value is -1.04. The van der Waals surface area contributed by atoms with Crippen LogP contribution in [0.5, 0.6) is 0 Å². The van der Waals surface area contributed by atoms with E-state index in [0.717, 1.165) is 10.0 Å². The van der Waals surface area contributed by atoms with Crippen molar-refractivity contribution in [2.24, 2.45) is 0 Å². The number of ether oxygens (including phenoxy) is 2. The van der Waals surface area contributed by atoms with Crippen LogP contribution in [-0.2, 0) is 9.47 Å². The normalized spacial score (nSPS) is 21.0. The highest BCUT2D eigenvalue weighted by molar-refractivity contribution is 9.15. The van der Waals surface area contributed by atoms with Crippen LogP contribution in [0.4, 0.5) is 4.79 Å². The lowest BCUT2D eigenvalue weighted by atomic mass is 10.1. The number of benzene rings is 1. The first-order valence-electron chi connectivity index (χ1n) is 7.79. The van der Waals surface area contributed by atoms with Crippen molar-refractivity contribution in [1.29, 1.82) is 0 Å². The average Bonchev–Trinajstić information content (AvgIpc) is 2.72. The van der Waals surface area contributed by atoms with Gasteiger partial charge < -0.3 is 9.47 Å². The average molecular weight is 417 g/mol. The van der Waals surface area contributed by atoms with Gasteiger partial charge >= 0.3 is 6.09 Å². The van der Waals surface area contributed by atoms with E-state index in [9.17, 15) is 4.79 Å². The Kier molecular flexibility index (Phi) is 5.68. The molecule has 0 saturated carbocycles. The Balaban J connectivity index is 2.25. The van der Waals surface area contributed by atoms with E-state index in [2.05, 4.69) is 15.9 Å². The summed E-state index contributed by atoms with van der Waals surface area (Å²) in [4.78, 5) is 14.2. The van der Waals surface area contributed by atoms with Crippen LogP contribution in [0.2, 0.25) is 5.02 Å². The van der Waals surface area contributed by atoms with Gasteiger partial charge in [-0.1, -0.05) is 39.7 Å². The number of carbonyl (C=O) groups excluding carboxylic acids is 1. The molecule has 1 saturated heterocycles. The lowest BCUT2D eigenvalue weighted by Crippen LogP contribution is -2.49. The van der Waals surface area contributed by atoms with Crippen molar-refractivity contribution in [3.8, 4) is 0 Å². The van der Waals surface area contributed by atoms with Crippen molar-refractivity contribution in [2.45, 2.75) is 52.0 Å². The number of halogens is 2. The van der Waals surface area contributed by atoms with Gasteiger partial charge in [0.15, 0.2) is 0 Å². The van der Waals surface area contributed by atoms with E-state index in [1.54, 1.807) is 4.90 Å². The number of hydrogen-bond acceptors (Lipinski definition) is 3. The van der Waals surface area contributed by atoms with E-state index < -0.39 is 11.3 Å². The summed E-state index contributed by atoms with van der Waals surface area (Å²) >= 11 is 9.51. The fraction of sp³-hybridized carbons (Fsp3) is 0.500. The molecule has 1 amide bonds. The Labute approximate surface area is 156 Å². The molecule has 0 aliphatic carbocycles. The fourth-order valence-electron chi connectivity index (χ4n) is 2.50. The van der Waals surface area contributed by atoms with Crippen LogP contribution in [0.15, 0.2) is 30.3 Å². The largest absolute Gasteiger partial charge is 0.444 e. The highest BCUT2D eigenvalue weighted by Gasteiger charge is 2.44. The van der Waals surface area contributed by atoms with E-state index in [0.29, 0.717) is 11.6 Å². The van der Waals surface area contributed by atoms with Gasteiger partial charge in [0.05, 0.1) is 12.6 Å². The van der Waals surface area contributed by atoms with E-state index in [4.69, 9.17) is 21.1 Å². The predicted octanol–water partition coefficient (Wildman–Crippen LogP) is 5.45. The molecule has 1 heterocycles. The van der Waals surface area contributed by atoms with Gasteiger partial charge in [0.25, 0.3) is 0 Å². The minimum atomic E-state index is -0.725. The zero-order valence-corrected chi connectivity index (χ0v) is 16.9. The molecule has 1 atom stereocenters. The maximum atomic E-state index is 12.6. The Morgan fingerprint density at radius 3 is 2.50 bits per heavy atom. The minimum Gasteiger partial charge on any atom is -0.444 e. The molecule has 1 aromatic rings. The third kappa shape index (κ3) is 4.74. The Morgan fingerprint density at radius 1 is 1.38 bits per heavy atom. The molecule has 1 aliphatic rings. The Morgan fingerprint density at radius 2 is 1.96 bits per heavy atom. The first-order valence-corrected chi connectivity index (χ1v) is 8.96. The molecule has 4 nitrogen and oxygen atoms in total. The maximum absolute atomic E-state index is 12.6. The highest BCUT2D eigenvalue weighted by Crippen LogP contribution is 2.33. The second kappa shape index (κ2) is 7.06. The minimum absolute atomic E-state index is 0.222. The predicted molar refractivity (Wildman–Crippen MR) is 100 cm³/mol. The number of nitrogens with zero attached hydrogens (tertiary/aromatic N) is 1. The molecule has 0 radical (unpaired) electrons. The van der Waals surface area contributed by atoms with Gasteiger partial charge in [-0.25, -0.2) is 4.79 Å². The molecule has 0 unspecified atom stereocenters.